The number of sulfonamides is 1. The van der Waals surface area contributed by atoms with E-state index in [2.05, 4.69) is 0 Å². The maximum absolute atomic E-state index is 13.8. The molecule has 8 heteroatoms. The Morgan fingerprint density at radius 1 is 1.00 bits per heavy atom. The summed E-state index contributed by atoms with van der Waals surface area (Å²) in [4.78, 5) is 16.5. The Bertz CT molecular complexity index is 1300. The first-order valence-electron chi connectivity index (χ1n) is 12.6. The molecule has 0 aliphatic heterocycles. The van der Waals surface area contributed by atoms with Gasteiger partial charge < -0.3 is 4.90 Å². The lowest BCUT2D eigenvalue weighted by atomic mass is 9.95. The van der Waals surface area contributed by atoms with Gasteiger partial charge in [0.15, 0.2) is 0 Å². The summed E-state index contributed by atoms with van der Waals surface area (Å²) in [6, 6.07) is 17.2. The molecule has 3 aromatic rings. The van der Waals surface area contributed by atoms with Gasteiger partial charge in [0.1, 0.15) is 5.82 Å². The molecule has 1 aliphatic rings. The zero-order valence-electron chi connectivity index (χ0n) is 21.1. The summed E-state index contributed by atoms with van der Waals surface area (Å²) in [7, 11) is -3.84. The number of halogens is 1. The van der Waals surface area contributed by atoms with Gasteiger partial charge in [-0.05, 0) is 66.1 Å². The van der Waals surface area contributed by atoms with Crippen molar-refractivity contribution >= 4 is 33.3 Å². The highest BCUT2D eigenvalue weighted by molar-refractivity contribution is 7.92. The predicted molar refractivity (Wildman–Crippen MR) is 148 cm³/mol. The van der Waals surface area contributed by atoms with Gasteiger partial charge in [0.05, 0.1) is 13.1 Å². The van der Waals surface area contributed by atoms with Crippen molar-refractivity contribution < 1.29 is 17.6 Å². The number of carbonyl (C=O) groups is 1. The zero-order chi connectivity index (χ0) is 26.3. The van der Waals surface area contributed by atoms with Gasteiger partial charge in [0, 0.05) is 22.9 Å². The monoisotopic (exact) mass is 540 g/mol. The highest BCUT2D eigenvalue weighted by Crippen LogP contribution is 2.27. The van der Waals surface area contributed by atoms with Crippen molar-refractivity contribution in [1.29, 1.82) is 0 Å². The number of thiophene rings is 1. The molecule has 1 amide bonds. The minimum Gasteiger partial charge on any atom is -0.332 e. The number of hydrogen-bond donors (Lipinski definition) is 0. The molecule has 1 heterocycles. The third kappa shape index (κ3) is 7.60. The Balaban J connectivity index is 1.60. The highest BCUT2D eigenvalue weighted by atomic mass is 32.2. The van der Waals surface area contributed by atoms with Crippen LogP contribution in [0.25, 0.3) is 6.08 Å². The van der Waals surface area contributed by atoms with Gasteiger partial charge in [-0.1, -0.05) is 61.7 Å². The second kappa shape index (κ2) is 12.6. The summed E-state index contributed by atoms with van der Waals surface area (Å²) in [5, 5.41) is 3.20. The van der Waals surface area contributed by atoms with Crippen LogP contribution in [0, 0.1) is 12.7 Å². The van der Waals surface area contributed by atoms with Crippen molar-refractivity contribution in [1.82, 2.24) is 9.21 Å². The average Bonchev–Trinajstić information content (AvgIpc) is 3.32. The summed E-state index contributed by atoms with van der Waals surface area (Å²) in [5.74, 6) is -0.602. The molecule has 0 spiro atoms. The molecule has 1 aliphatic carbocycles. The summed E-state index contributed by atoms with van der Waals surface area (Å²) < 4.78 is 42.0. The quantitative estimate of drug-likeness (QED) is 0.301. The molecule has 0 radical (unpaired) electrons. The first kappa shape index (κ1) is 27.2. The Labute approximate surface area is 223 Å². The highest BCUT2D eigenvalue weighted by Gasteiger charge is 2.33. The summed E-state index contributed by atoms with van der Waals surface area (Å²) in [6.45, 7) is 2.42. The van der Waals surface area contributed by atoms with Gasteiger partial charge in [0.25, 0.3) is 0 Å². The van der Waals surface area contributed by atoms with Crippen LogP contribution < -0.4 is 0 Å². The van der Waals surface area contributed by atoms with Gasteiger partial charge in [-0.25, -0.2) is 12.8 Å². The van der Waals surface area contributed by atoms with Crippen LogP contribution in [-0.2, 0) is 27.9 Å². The molecule has 0 N–H and O–H groups in total. The topological polar surface area (TPSA) is 57.7 Å². The van der Waals surface area contributed by atoms with Gasteiger partial charge in [0.2, 0.25) is 15.9 Å². The lowest BCUT2D eigenvalue weighted by Gasteiger charge is -2.34. The third-order valence-corrected chi connectivity index (χ3v) is 9.34. The smallest absolute Gasteiger partial charge is 0.238 e. The molecule has 196 valence electrons. The van der Waals surface area contributed by atoms with Crippen LogP contribution in [0.5, 0.6) is 0 Å². The largest absolute Gasteiger partial charge is 0.332 e. The van der Waals surface area contributed by atoms with Crippen molar-refractivity contribution in [3.63, 3.8) is 0 Å². The van der Waals surface area contributed by atoms with E-state index in [1.807, 2.05) is 48.7 Å². The molecule has 4 rings (SSSR count). The first-order chi connectivity index (χ1) is 17.8. The fourth-order valence-corrected chi connectivity index (χ4v) is 6.94. The van der Waals surface area contributed by atoms with E-state index in [0.29, 0.717) is 6.54 Å². The van der Waals surface area contributed by atoms with E-state index >= 15 is 0 Å². The van der Waals surface area contributed by atoms with Gasteiger partial charge >= 0.3 is 0 Å². The van der Waals surface area contributed by atoms with Crippen LogP contribution in [0.15, 0.2) is 71.5 Å². The second-order valence-electron chi connectivity index (χ2n) is 9.50. The number of carbonyl (C=O) groups excluding carboxylic acids is 1. The van der Waals surface area contributed by atoms with E-state index in [1.54, 1.807) is 34.4 Å². The predicted octanol–water partition coefficient (Wildman–Crippen LogP) is 6.36. The molecule has 0 saturated heterocycles. The van der Waals surface area contributed by atoms with Crippen molar-refractivity contribution in [2.24, 2.45) is 0 Å². The van der Waals surface area contributed by atoms with E-state index in [1.165, 1.54) is 21.8 Å². The van der Waals surface area contributed by atoms with Crippen LogP contribution in [0.4, 0.5) is 4.39 Å². The maximum atomic E-state index is 13.8. The molecule has 0 bridgehead atoms. The number of nitrogens with zero attached hydrogens (tertiary/aromatic N) is 2. The number of benzene rings is 2. The molecular weight excluding hydrogens is 507 g/mol. The van der Waals surface area contributed by atoms with Crippen LogP contribution in [0.1, 0.15) is 53.7 Å². The minimum atomic E-state index is -3.84. The summed E-state index contributed by atoms with van der Waals surface area (Å²) in [6.07, 6.45) is 6.04. The number of aryl methyl sites for hydroxylation is 1. The second-order valence-corrected chi connectivity index (χ2v) is 12.3. The zero-order valence-corrected chi connectivity index (χ0v) is 22.7. The van der Waals surface area contributed by atoms with Crippen LogP contribution in [0.2, 0.25) is 0 Å². The Morgan fingerprint density at radius 3 is 2.35 bits per heavy atom. The lowest BCUT2D eigenvalue weighted by molar-refractivity contribution is -0.133. The van der Waals surface area contributed by atoms with Crippen LogP contribution >= 0.6 is 11.3 Å². The van der Waals surface area contributed by atoms with E-state index in [9.17, 15) is 17.6 Å². The molecule has 1 saturated carbocycles. The van der Waals surface area contributed by atoms with Gasteiger partial charge in [-0.2, -0.15) is 4.31 Å². The Kier molecular flexibility index (Phi) is 9.29. The van der Waals surface area contributed by atoms with Crippen molar-refractivity contribution in [3.05, 3.63) is 98.8 Å². The maximum Gasteiger partial charge on any atom is 0.238 e. The molecule has 0 unspecified atom stereocenters. The minimum absolute atomic E-state index is 0.209. The van der Waals surface area contributed by atoms with E-state index in [-0.39, 0.29) is 30.9 Å². The van der Waals surface area contributed by atoms with E-state index in [0.717, 1.165) is 53.7 Å². The normalized spacial score (nSPS) is 14.9. The van der Waals surface area contributed by atoms with Crippen LogP contribution in [-0.4, -0.2) is 36.1 Å². The lowest BCUT2D eigenvalue weighted by Crippen LogP contribution is -2.47. The van der Waals surface area contributed by atoms with E-state index in [4.69, 9.17) is 0 Å². The first-order valence-corrected chi connectivity index (χ1v) is 15.0. The number of rotatable bonds is 10. The SMILES string of the molecule is Cc1ccsc1CN(Cc1ccc(F)cc1)C(=O)CN(C1CCCCC1)S(=O)(=O)C=Cc1ccccc1. The van der Waals surface area contributed by atoms with Gasteiger partial charge in [-0.15, -0.1) is 11.3 Å². The fourth-order valence-electron chi connectivity index (χ4n) is 4.62. The molecule has 1 fully saturated rings. The number of amides is 1. The summed E-state index contributed by atoms with van der Waals surface area (Å²) >= 11 is 1.57. The van der Waals surface area contributed by atoms with Crippen molar-refractivity contribution in [3.8, 4) is 0 Å². The third-order valence-electron chi connectivity index (χ3n) is 6.77. The van der Waals surface area contributed by atoms with E-state index < -0.39 is 10.0 Å². The molecule has 1 aromatic heterocycles. The molecule has 37 heavy (non-hydrogen) atoms. The Hall–Kier alpha value is -2.81. The molecular formula is C29H33FN2O3S2. The fraction of sp³-hybridized carbons (Fsp3) is 0.345. The molecule has 0 atom stereocenters. The average molecular weight is 541 g/mol. The van der Waals surface area contributed by atoms with Crippen molar-refractivity contribution in [2.45, 2.75) is 58.2 Å². The van der Waals surface area contributed by atoms with Crippen molar-refractivity contribution in [2.75, 3.05) is 6.54 Å². The van der Waals surface area contributed by atoms with Gasteiger partial charge in [-0.3, -0.25) is 4.79 Å². The molecule has 2 aromatic carbocycles. The summed E-state index contributed by atoms with van der Waals surface area (Å²) in [5.41, 5.74) is 2.66. The molecule has 5 nitrogen and oxygen atoms in total. The standard InChI is InChI=1S/C29H33FN2O3S2/c1-23-16-18-36-28(23)21-31(20-25-12-14-26(30)15-13-25)29(33)22-32(27-10-6-3-7-11-27)37(34,35)19-17-24-8-4-2-5-9-24/h2,4-5,8-9,12-19,27H,3,6-7,10-11,20-22H2,1H3. The van der Waals surface area contributed by atoms with Crippen LogP contribution in [0.3, 0.4) is 0 Å². The number of hydrogen-bond acceptors (Lipinski definition) is 4. The Morgan fingerprint density at radius 2 is 1.70 bits per heavy atom.